The Hall–Kier alpha value is -6.01. The Balaban J connectivity index is 1.34. The molecule has 4 heterocycles. The van der Waals surface area contributed by atoms with Crippen molar-refractivity contribution in [1.29, 1.82) is 0 Å². The van der Waals surface area contributed by atoms with Crippen LogP contribution in [0.25, 0.3) is 49.0 Å². The summed E-state index contributed by atoms with van der Waals surface area (Å²) in [5.41, 5.74) is 4.81. The molecule has 0 saturated carbocycles. The lowest BCUT2D eigenvalue weighted by molar-refractivity contribution is 0.477. The first kappa shape index (κ1) is 23.7. The van der Waals surface area contributed by atoms with E-state index in [1.807, 2.05) is 60.7 Å². The van der Waals surface area contributed by atoms with Crippen molar-refractivity contribution in [2.24, 2.45) is 0 Å². The Labute approximate surface area is 244 Å². The third-order valence-corrected chi connectivity index (χ3v) is 8.40. The van der Waals surface area contributed by atoms with E-state index in [-0.39, 0.29) is 11.1 Å². The first-order chi connectivity index (χ1) is 21.2. The molecule has 0 saturated heterocycles. The summed E-state index contributed by atoms with van der Waals surface area (Å²) < 4.78 is 7.79. The van der Waals surface area contributed by atoms with Crippen LogP contribution in [0.2, 0.25) is 0 Å². The van der Waals surface area contributed by atoms with Crippen molar-refractivity contribution in [2.45, 2.75) is 0 Å². The minimum Gasteiger partial charge on any atom is -0.453 e. The van der Waals surface area contributed by atoms with Gasteiger partial charge in [0.25, 0.3) is 11.1 Å². The van der Waals surface area contributed by atoms with Crippen LogP contribution in [0.5, 0.6) is 11.5 Å². The lowest BCUT2D eigenvalue weighted by atomic mass is 9.94. The molecule has 43 heavy (non-hydrogen) atoms. The summed E-state index contributed by atoms with van der Waals surface area (Å²) in [6.07, 6.45) is 3.23. The fraction of sp³-hybridized carbons (Fsp3) is 0. The fourth-order valence-corrected chi connectivity index (χ4v) is 6.48. The smallest absolute Gasteiger partial charge is 0.267 e. The molecule has 0 atom stereocenters. The topological polar surface area (TPSA) is 63.9 Å². The van der Waals surface area contributed by atoms with Crippen molar-refractivity contribution >= 4 is 54.9 Å². The molecule has 0 fully saturated rings. The Morgan fingerprint density at radius 3 is 2.05 bits per heavy atom. The van der Waals surface area contributed by atoms with Gasteiger partial charge in [-0.25, -0.2) is 4.40 Å². The first-order valence-corrected chi connectivity index (χ1v) is 14.0. The Morgan fingerprint density at radius 2 is 1.21 bits per heavy atom. The van der Waals surface area contributed by atoms with Gasteiger partial charge in [0.2, 0.25) is 0 Å². The zero-order valence-corrected chi connectivity index (χ0v) is 22.7. The van der Waals surface area contributed by atoms with Gasteiger partial charge in [-0.15, -0.1) is 0 Å². The van der Waals surface area contributed by atoms with E-state index < -0.39 is 0 Å². The number of hydrogen-bond donors (Lipinski definition) is 0. The van der Waals surface area contributed by atoms with Crippen molar-refractivity contribution < 1.29 is 4.74 Å². The number of anilines is 3. The van der Waals surface area contributed by atoms with Crippen LogP contribution in [0.4, 0.5) is 17.1 Å². The number of aromatic nitrogens is 2. The van der Waals surface area contributed by atoms with E-state index in [2.05, 4.69) is 58.4 Å². The van der Waals surface area contributed by atoms with Gasteiger partial charge in [-0.05, 0) is 82.6 Å². The summed E-state index contributed by atoms with van der Waals surface area (Å²) in [5, 5.41) is 4.15. The van der Waals surface area contributed by atoms with Crippen LogP contribution in [0.15, 0.2) is 137 Å². The largest absolute Gasteiger partial charge is 0.453 e. The van der Waals surface area contributed by atoms with Crippen LogP contribution >= 0.6 is 0 Å². The summed E-state index contributed by atoms with van der Waals surface area (Å²) in [7, 11) is 0. The van der Waals surface area contributed by atoms with Crippen LogP contribution in [0, 0.1) is 0 Å². The molecule has 0 amide bonds. The molecule has 1 aliphatic rings. The third-order valence-electron chi connectivity index (χ3n) is 8.40. The van der Waals surface area contributed by atoms with Crippen molar-refractivity contribution in [3.63, 3.8) is 0 Å². The third kappa shape index (κ3) is 3.32. The highest BCUT2D eigenvalue weighted by atomic mass is 16.5. The number of pyridine rings is 3. The summed E-state index contributed by atoms with van der Waals surface area (Å²) in [5.74, 6) is 1.52. The highest BCUT2D eigenvalue weighted by molar-refractivity contribution is 6.19. The zero-order chi connectivity index (χ0) is 28.7. The number of ether oxygens (including phenoxy) is 1. The average molecular weight is 556 g/mol. The standard InChI is InChI=1S/C37H21N3O3/c41-36-27-11-5-4-10-25(27)28-18-23(19-29-26-16-17-38-21-30(26)37(42)40(36)35(28)29)22-14-15-32-34(20-22)43-33-13-7-6-12-31(33)39(32)24-8-2-1-3-9-24/h1-21H. The molecule has 0 bridgehead atoms. The maximum absolute atomic E-state index is 13.6. The molecule has 8 aromatic rings. The monoisotopic (exact) mass is 555 g/mol. The number of para-hydroxylation sites is 3. The lowest BCUT2D eigenvalue weighted by Crippen LogP contribution is -2.27. The SMILES string of the molecule is O=c1c2ccccc2c2cc(-c3ccc4c(c3)Oc3ccccc3N4c3ccccc3)cc3c4ccncc4c(=O)n1c23. The molecule has 3 aromatic heterocycles. The summed E-state index contributed by atoms with van der Waals surface area (Å²) in [4.78, 5) is 33.7. The van der Waals surface area contributed by atoms with Crippen molar-refractivity contribution in [1.82, 2.24) is 9.38 Å². The average Bonchev–Trinajstić information content (AvgIpc) is 3.07. The van der Waals surface area contributed by atoms with Crippen LogP contribution in [0.3, 0.4) is 0 Å². The second-order valence-electron chi connectivity index (χ2n) is 10.8. The summed E-state index contributed by atoms with van der Waals surface area (Å²) in [6, 6.07) is 38.0. The highest BCUT2D eigenvalue weighted by Crippen LogP contribution is 2.51. The van der Waals surface area contributed by atoms with E-state index in [1.165, 1.54) is 4.40 Å². The second kappa shape index (κ2) is 8.74. The highest BCUT2D eigenvalue weighted by Gasteiger charge is 2.26. The molecule has 0 spiro atoms. The maximum atomic E-state index is 13.6. The predicted octanol–water partition coefficient (Wildman–Crippen LogP) is 8.19. The molecule has 0 aliphatic carbocycles. The maximum Gasteiger partial charge on any atom is 0.267 e. The molecule has 202 valence electrons. The van der Waals surface area contributed by atoms with Crippen LogP contribution in [0.1, 0.15) is 0 Å². The van der Waals surface area contributed by atoms with E-state index in [1.54, 1.807) is 18.5 Å². The first-order valence-electron chi connectivity index (χ1n) is 14.0. The van der Waals surface area contributed by atoms with Gasteiger partial charge in [0.1, 0.15) is 0 Å². The molecule has 6 nitrogen and oxygen atoms in total. The molecule has 9 rings (SSSR count). The number of nitrogens with zero attached hydrogens (tertiary/aromatic N) is 3. The van der Waals surface area contributed by atoms with Gasteiger partial charge in [0, 0.05) is 34.2 Å². The quantitative estimate of drug-likeness (QED) is 0.159. The Morgan fingerprint density at radius 1 is 0.535 bits per heavy atom. The molecule has 0 N–H and O–H groups in total. The predicted molar refractivity (Wildman–Crippen MR) is 172 cm³/mol. The normalized spacial score (nSPS) is 12.5. The summed E-state index contributed by atoms with van der Waals surface area (Å²) >= 11 is 0. The van der Waals surface area contributed by atoms with Crippen LogP contribution < -0.4 is 20.8 Å². The van der Waals surface area contributed by atoms with E-state index in [4.69, 9.17) is 4.74 Å². The second-order valence-corrected chi connectivity index (χ2v) is 10.8. The fourth-order valence-electron chi connectivity index (χ4n) is 6.48. The summed E-state index contributed by atoms with van der Waals surface area (Å²) in [6.45, 7) is 0. The molecule has 0 unspecified atom stereocenters. The van der Waals surface area contributed by atoms with Crippen LogP contribution in [-0.2, 0) is 0 Å². The number of fused-ring (bicyclic) bond motifs is 6. The lowest BCUT2D eigenvalue weighted by Gasteiger charge is -2.33. The minimum absolute atomic E-state index is 0.321. The van der Waals surface area contributed by atoms with Gasteiger partial charge in [0.15, 0.2) is 11.5 Å². The Kier molecular flexibility index (Phi) is 4.81. The van der Waals surface area contributed by atoms with E-state index in [9.17, 15) is 9.59 Å². The molecule has 0 radical (unpaired) electrons. The van der Waals surface area contributed by atoms with Gasteiger partial charge in [-0.3, -0.25) is 14.6 Å². The number of rotatable bonds is 2. The molecule has 5 aromatic carbocycles. The minimum atomic E-state index is -0.356. The molecule has 6 heteroatoms. The van der Waals surface area contributed by atoms with Crippen molar-refractivity contribution in [2.75, 3.05) is 4.90 Å². The Bertz CT molecular complexity index is 2440. The van der Waals surface area contributed by atoms with Gasteiger partial charge in [-0.2, -0.15) is 0 Å². The molecule has 1 aliphatic heterocycles. The van der Waals surface area contributed by atoms with Crippen molar-refractivity contribution in [3.8, 4) is 22.6 Å². The molecular weight excluding hydrogens is 534 g/mol. The van der Waals surface area contributed by atoms with E-state index in [0.717, 1.165) is 61.2 Å². The molecular formula is C37H21N3O3. The van der Waals surface area contributed by atoms with Gasteiger partial charge in [-0.1, -0.05) is 54.6 Å². The van der Waals surface area contributed by atoms with Gasteiger partial charge < -0.3 is 9.64 Å². The zero-order valence-electron chi connectivity index (χ0n) is 22.7. The van der Waals surface area contributed by atoms with Crippen LogP contribution in [-0.4, -0.2) is 9.38 Å². The number of benzene rings is 5. The van der Waals surface area contributed by atoms with E-state index in [0.29, 0.717) is 16.3 Å². The number of hydrogen-bond acceptors (Lipinski definition) is 5. The van der Waals surface area contributed by atoms with Gasteiger partial charge >= 0.3 is 0 Å². The van der Waals surface area contributed by atoms with Gasteiger partial charge in [0.05, 0.1) is 22.3 Å². The van der Waals surface area contributed by atoms with E-state index >= 15 is 0 Å². The van der Waals surface area contributed by atoms with Crippen molar-refractivity contribution in [3.05, 3.63) is 148 Å².